The molecule has 1 heterocycles. The maximum atomic E-state index is 12.1. The number of hydrogen-bond donors (Lipinski definition) is 2. The number of aromatic nitrogens is 1. The second kappa shape index (κ2) is 7.22. The number of ether oxygens (including phenoxy) is 1. The lowest BCUT2D eigenvalue weighted by Crippen LogP contribution is -2.33. The molecule has 1 aromatic carbocycles. The van der Waals surface area contributed by atoms with E-state index in [0.29, 0.717) is 6.54 Å². The van der Waals surface area contributed by atoms with Crippen LogP contribution in [-0.4, -0.2) is 28.6 Å². The van der Waals surface area contributed by atoms with Crippen LogP contribution in [0.4, 0.5) is 10.5 Å². The number of nitrogens with one attached hydrogen (secondary N) is 2. The van der Waals surface area contributed by atoms with Crippen LogP contribution in [0.25, 0.3) is 0 Å². The summed E-state index contributed by atoms with van der Waals surface area (Å²) in [6.07, 6.45) is 3.54. The van der Waals surface area contributed by atoms with Crippen LogP contribution in [-0.2, 0) is 17.8 Å². The van der Waals surface area contributed by atoms with Crippen LogP contribution in [0.3, 0.4) is 0 Å². The fraction of sp³-hybridized carbons (Fsp3) is 0.389. The SMILES string of the molecule is CN(Cc1ccccc1NCc1cc[nH]c1)C(=O)OC(C)(C)C. The van der Waals surface area contributed by atoms with Gasteiger partial charge in [0, 0.05) is 31.7 Å². The lowest BCUT2D eigenvalue weighted by Gasteiger charge is -2.25. The van der Waals surface area contributed by atoms with E-state index in [1.807, 2.05) is 63.5 Å². The van der Waals surface area contributed by atoms with Gasteiger partial charge in [-0.2, -0.15) is 0 Å². The third kappa shape index (κ3) is 5.36. The summed E-state index contributed by atoms with van der Waals surface area (Å²) in [5.74, 6) is 0. The van der Waals surface area contributed by atoms with Crippen molar-refractivity contribution in [2.24, 2.45) is 0 Å². The molecule has 0 aliphatic heterocycles. The van der Waals surface area contributed by atoms with Crippen molar-refractivity contribution in [3.05, 3.63) is 53.9 Å². The summed E-state index contributed by atoms with van der Waals surface area (Å²) in [7, 11) is 1.75. The molecule has 0 aliphatic rings. The minimum absolute atomic E-state index is 0.321. The maximum absolute atomic E-state index is 12.1. The molecule has 2 rings (SSSR count). The van der Waals surface area contributed by atoms with Crippen LogP contribution in [0.2, 0.25) is 0 Å². The van der Waals surface area contributed by atoms with E-state index in [1.165, 1.54) is 5.56 Å². The number of carbonyl (C=O) groups excluding carboxylic acids is 1. The highest BCUT2D eigenvalue weighted by Crippen LogP contribution is 2.19. The van der Waals surface area contributed by atoms with Crippen molar-refractivity contribution in [3.8, 4) is 0 Å². The van der Waals surface area contributed by atoms with Crippen LogP contribution in [0, 0.1) is 0 Å². The molecule has 0 aliphatic carbocycles. The molecule has 2 N–H and O–H groups in total. The van der Waals surface area contributed by atoms with Gasteiger partial charge in [-0.3, -0.25) is 0 Å². The van der Waals surface area contributed by atoms with E-state index >= 15 is 0 Å². The Labute approximate surface area is 137 Å². The van der Waals surface area contributed by atoms with E-state index in [9.17, 15) is 4.79 Å². The summed E-state index contributed by atoms with van der Waals surface area (Å²) in [4.78, 5) is 16.7. The highest BCUT2D eigenvalue weighted by molar-refractivity contribution is 5.68. The number of carbonyl (C=O) groups is 1. The first kappa shape index (κ1) is 16.9. The molecule has 0 saturated heterocycles. The topological polar surface area (TPSA) is 57.4 Å². The molecule has 1 aromatic heterocycles. The number of hydrogen-bond acceptors (Lipinski definition) is 3. The number of rotatable bonds is 5. The van der Waals surface area contributed by atoms with Crippen LogP contribution >= 0.6 is 0 Å². The van der Waals surface area contributed by atoms with Gasteiger partial charge in [-0.15, -0.1) is 0 Å². The predicted molar refractivity (Wildman–Crippen MR) is 92.3 cm³/mol. The Morgan fingerprint density at radius 2 is 2.00 bits per heavy atom. The van der Waals surface area contributed by atoms with Crippen molar-refractivity contribution in [1.29, 1.82) is 0 Å². The van der Waals surface area contributed by atoms with Gasteiger partial charge < -0.3 is 19.9 Å². The van der Waals surface area contributed by atoms with Crippen molar-refractivity contribution in [1.82, 2.24) is 9.88 Å². The van der Waals surface area contributed by atoms with E-state index in [1.54, 1.807) is 11.9 Å². The van der Waals surface area contributed by atoms with Crippen molar-refractivity contribution >= 4 is 11.8 Å². The normalized spacial score (nSPS) is 11.1. The first-order valence-corrected chi connectivity index (χ1v) is 7.73. The Morgan fingerprint density at radius 1 is 1.26 bits per heavy atom. The van der Waals surface area contributed by atoms with Crippen molar-refractivity contribution < 1.29 is 9.53 Å². The summed E-state index contributed by atoms with van der Waals surface area (Å²) in [6.45, 7) is 6.82. The lowest BCUT2D eigenvalue weighted by molar-refractivity contribution is 0.0285. The number of benzene rings is 1. The fourth-order valence-electron chi connectivity index (χ4n) is 2.16. The van der Waals surface area contributed by atoms with Gasteiger partial charge >= 0.3 is 6.09 Å². The smallest absolute Gasteiger partial charge is 0.410 e. The molecule has 5 heteroatoms. The van der Waals surface area contributed by atoms with Gasteiger partial charge in [0.1, 0.15) is 5.60 Å². The monoisotopic (exact) mass is 315 g/mol. The highest BCUT2D eigenvalue weighted by atomic mass is 16.6. The average molecular weight is 315 g/mol. The fourth-order valence-corrected chi connectivity index (χ4v) is 2.16. The molecular formula is C18H25N3O2. The Bertz CT molecular complexity index is 630. The standard InChI is InChI=1S/C18H25N3O2/c1-18(2,3)23-17(22)21(4)13-15-7-5-6-8-16(15)20-12-14-9-10-19-11-14/h5-11,19-20H,12-13H2,1-4H3. The molecule has 0 radical (unpaired) electrons. The maximum Gasteiger partial charge on any atom is 0.410 e. The molecule has 23 heavy (non-hydrogen) atoms. The van der Waals surface area contributed by atoms with Crippen molar-refractivity contribution in [2.75, 3.05) is 12.4 Å². The number of H-pyrrole nitrogens is 1. The van der Waals surface area contributed by atoms with Crippen LogP contribution in [0.1, 0.15) is 31.9 Å². The number of nitrogens with zero attached hydrogens (tertiary/aromatic N) is 1. The summed E-state index contributed by atoms with van der Waals surface area (Å²) in [6, 6.07) is 10.0. The van der Waals surface area contributed by atoms with Gasteiger partial charge in [0.25, 0.3) is 0 Å². The summed E-state index contributed by atoms with van der Waals surface area (Å²) < 4.78 is 5.39. The van der Waals surface area contributed by atoms with Gasteiger partial charge in [-0.05, 0) is 44.0 Å². The van der Waals surface area contributed by atoms with Gasteiger partial charge in [-0.25, -0.2) is 4.79 Å². The quantitative estimate of drug-likeness (QED) is 0.877. The zero-order chi connectivity index (χ0) is 16.9. The minimum Gasteiger partial charge on any atom is -0.444 e. The van der Waals surface area contributed by atoms with Gasteiger partial charge in [0.2, 0.25) is 0 Å². The molecule has 5 nitrogen and oxygen atoms in total. The van der Waals surface area contributed by atoms with E-state index in [2.05, 4.69) is 10.3 Å². The second-order valence-electron chi connectivity index (χ2n) is 6.57. The zero-order valence-electron chi connectivity index (χ0n) is 14.2. The van der Waals surface area contributed by atoms with Crippen LogP contribution in [0.5, 0.6) is 0 Å². The molecule has 0 spiro atoms. The van der Waals surface area contributed by atoms with Crippen LogP contribution in [0.15, 0.2) is 42.7 Å². The third-order valence-electron chi connectivity index (χ3n) is 3.28. The van der Waals surface area contributed by atoms with Crippen molar-refractivity contribution in [3.63, 3.8) is 0 Å². The first-order chi connectivity index (χ1) is 10.8. The van der Waals surface area contributed by atoms with Crippen molar-refractivity contribution in [2.45, 2.75) is 39.5 Å². The van der Waals surface area contributed by atoms with E-state index in [4.69, 9.17) is 4.74 Å². The van der Waals surface area contributed by atoms with E-state index < -0.39 is 5.60 Å². The number of para-hydroxylation sites is 1. The average Bonchev–Trinajstić information content (AvgIpc) is 2.98. The lowest BCUT2D eigenvalue weighted by atomic mass is 10.1. The Kier molecular flexibility index (Phi) is 5.32. The van der Waals surface area contributed by atoms with Crippen LogP contribution < -0.4 is 5.32 Å². The zero-order valence-corrected chi connectivity index (χ0v) is 14.2. The Morgan fingerprint density at radius 3 is 2.65 bits per heavy atom. The number of aromatic amines is 1. The number of anilines is 1. The number of amides is 1. The van der Waals surface area contributed by atoms with Gasteiger partial charge in [0.15, 0.2) is 0 Å². The largest absolute Gasteiger partial charge is 0.444 e. The first-order valence-electron chi connectivity index (χ1n) is 7.73. The summed E-state index contributed by atoms with van der Waals surface area (Å²) in [5.41, 5.74) is 2.76. The molecule has 0 bridgehead atoms. The third-order valence-corrected chi connectivity index (χ3v) is 3.28. The minimum atomic E-state index is -0.489. The van der Waals surface area contributed by atoms with E-state index in [-0.39, 0.29) is 6.09 Å². The molecular weight excluding hydrogens is 290 g/mol. The predicted octanol–water partition coefficient (Wildman–Crippen LogP) is 3.99. The summed E-state index contributed by atoms with van der Waals surface area (Å²) in [5, 5.41) is 3.41. The molecule has 0 atom stereocenters. The Balaban J connectivity index is 2.00. The second-order valence-corrected chi connectivity index (χ2v) is 6.57. The molecule has 2 aromatic rings. The molecule has 124 valence electrons. The highest BCUT2D eigenvalue weighted by Gasteiger charge is 2.20. The molecule has 0 saturated carbocycles. The molecule has 0 unspecified atom stereocenters. The summed E-state index contributed by atoms with van der Waals surface area (Å²) >= 11 is 0. The van der Waals surface area contributed by atoms with Gasteiger partial charge in [0.05, 0.1) is 6.54 Å². The van der Waals surface area contributed by atoms with E-state index in [0.717, 1.165) is 17.8 Å². The molecule has 1 amide bonds. The Hall–Kier alpha value is -2.43. The van der Waals surface area contributed by atoms with Gasteiger partial charge in [-0.1, -0.05) is 18.2 Å². The molecule has 0 fully saturated rings.